The lowest BCUT2D eigenvalue weighted by Gasteiger charge is -2.04. The molecule has 0 aliphatic rings. The molecule has 0 bridgehead atoms. The Morgan fingerprint density at radius 3 is 3.00 bits per heavy atom. The van der Waals surface area contributed by atoms with Crippen molar-refractivity contribution < 1.29 is 4.79 Å². The monoisotopic (exact) mass is 224 g/mol. The van der Waals surface area contributed by atoms with Crippen LogP contribution in [0.3, 0.4) is 0 Å². The van der Waals surface area contributed by atoms with E-state index in [1.165, 1.54) is 5.56 Å². The number of rotatable bonds is 2. The van der Waals surface area contributed by atoms with Gasteiger partial charge in [-0.25, -0.2) is 0 Å². The maximum Gasteiger partial charge on any atom is 0.151 e. The molecule has 0 aliphatic carbocycles. The molecular weight excluding hydrogens is 216 g/mol. The van der Waals surface area contributed by atoms with Crippen LogP contribution >= 0.6 is 22.9 Å². The van der Waals surface area contributed by atoms with E-state index in [-0.39, 0.29) is 0 Å². The fraction of sp³-hybridized carbons (Fsp3) is 0.182. The van der Waals surface area contributed by atoms with Gasteiger partial charge in [-0.3, -0.25) is 4.79 Å². The molecule has 72 valence electrons. The molecule has 1 heterocycles. The normalized spacial score (nSPS) is 10.7. The predicted octanol–water partition coefficient (Wildman–Crippen LogP) is 3.76. The molecule has 0 saturated carbocycles. The van der Waals surface area contributed by atoms with Crippen LogP contribution in [-0.2, 0) is 5.88 Å². The first-order valence-electron chi connectivity index (χ1n) is 4.28. The summed E-state index contributed by atoms with van der Waals surface area (Å²) in [5.74, 6) is 0.392. The van der Waals surface area contributed by atoms with Crippen molar-refractivity contribution in [3.63, 3.8) is 0 Å². The minimum absolute atomic E-state index is 0.392. The third kappa shape index (κ3) is 1.35. The SMILES string of the molecule is Cc1cc(CCl)c(C=O)c2sccc12. The molecule has 0 atom stereocenters. The van der Waals surface area contributed by atoms with Crippen LogP contribution in [0.1, 0.15) is 21.5 Å². The second-order valence-corrected chi connectivity index (χ2v) is 4.36. The van der Waals surface area contributed by atoms with Crippen LogP contribution in [0, 0.1) is 6.92 Å². The summed E-state index contributed by atoms with van der Waals surface area (Å²) < 4.78 is 1.05. The quantitative estimate of drug-likeness (QED) is 0.561. The van der Waals surface area contributed by atoms with Gasteiger partial charge in [0.05, 0.1) is 0 Å². The summed E-state index contributed by atoms with van der Waals surface area (Å²) in [7, 11) is 0. The van der Waals surface area contributed by atoms with E-state index in [0.29, 0.717) is 5.88 Å². The van der Waals surface area contributed by atoms with Crippen LogP contribution in [0.2, 0.25) is 0 Å². The number of hydrogen-bond donors (Lipinski definition) is 0. The van der Waals surface area contributed by atoms with Crippen molar-refractivity contribution in [1.29, 1.82) is 0 Å². The highest BCUT2D eigenvalue weighted by Gasteiger charge is 2.09. The summed E-state index contributed by atoms with van der Waals surface area (Å²) in [5.41, 5.74) is 2.85. The standard InChI is InChI=1S/C11H9ClOS/c1-7-4-8(5-12)10(6-13)11-9(7)2-3-14-11/h2-4,6H,5H2,1H3. The number of hydrogen-bond acceptors (Lipinski definition) is 2. The van der Waals surface area contributed by atoms with Gasteiger partial charge in [0, 0.05) is 16.1 Å². The number of halogens is 1. The fourth-order valence-corrected chi connectivity index (χ4v) is 2.85. The molecule has 0 N–H and O–H groups in total. The highest BCUT2D eigenvalue weighted by atomic mass is 35.5. The lowest BCUT2D eigenvalue weighted by atomic mass is 10.0. The number of alkyl halides is 1. The molecule has 1 aromatic carbocycles. The second-order valence-electron chi connectivity index (χ2n) is 3.18. The van der Waals surface area contributed by atoms with Crippen LogP contribution in [0.4, 0.5) is 0 Å². The molecule has 1 nitrogen and oxygen atoms in total. The Bertz CT molecular complexity index is 487. The van der Waals surface area contributed by atoms with E-state index < -0.39 is 0 Å². The first-order chi connectivity index (χ1) is 6.77. The summed E-state index contributed by atoms with van der Waals surface area (Å²) in [6, 6.07) is 4.03. The van der Waals surface area contributed by atoms with Crippen molar-refractivity contribution in [2.45, 2.75) is 12.8 Å². The zero-order valence-electron chi connectivity index (χ0n) is 7.71. The molecule has 0 unspecified atom stereocenters. The summed E-state index contributed by atoms with van der Waals surface area (Å²) >= 11 is 7.39. The van der Waals surface area contributed by atoms with Gasteiger partial charge in [-0.05, 0) is 34.9 Å². The highest BCUT2D eigenvalue weighted by molar-refractivity contribution is 7.17. The van der Waals surface area contributed by atoms with Crippen molar-refractivity contribution in [3.8, 4) is 0 Å². The van der Waals surface area contributed by atoms with Crippen LogP contribution in [0.5, 0.6) is 0 Å². The third-order valence-corrected chi connectivity index (χ3v) is 3.57. The lowest BCUT2D eigenvalue weighted by molar-refractivity contribution is 0.112. The molecule has 0 amide bonds. The van der Waals surface area contributed by atoms with Crippen molar-refractivity contribution in [2.24, 2.45) is 0 Å². The Kier molecular flexibility index (Phi) is 2.57. The van der Waals surface area contributed by atoms with Crippen LogP contribution in [-0.4, -0.2) is 6.29 Å². The molecule has 0 spiro atoms. The van der Waals surface area contributed by atoms with E-state index in [0.717, 1.165) is 27.5 Å². The van der Waals surface area contributed by atoms with E-state index in [2.05, 4.69) is 0 Å². The van der Waals surface area contributed by atoms with Gasteiger partial charge in [0.1, 0.15) is 0 Å². The van der Waals surface area contributed by atoms with Gasteiger partial charge in [-0.15, -0.1) is 22.9 Å². The molecule has 0 fully saturated rings. The van der Waals surface area contributed by atoms with Gasteiger partial charge in [0.25, 0.3) is 0 Å². The molecule has 0 aliphatic heterocycles. The Balaban J connectivity index is 2.88. The van der Waals surface area contributed by atoms with Crippen LogP contribution in [0.15, 0.2) is 17.5 Å². The molecule has 0 radical (unpaired) electrons. The maximum atomic E-state index is 11.0. The van der Waals surface area contributed by atoms with Crippen LogP contribution < -0.4 is 0 Å². The molecule has 2 aromatic rings. The Morgan fingerprint density at radius 2 is 2.36 bits per heavy atom. The smallest absolute Gasteiger partial charge is 0.151 e. The number of carbonyl (C=O) groups excluding carboxylic acids is 1. The number of aryl methyl sites for hydroxylation is 1. The first kappa shape index (κ1) is 9.69. The molecule has 1 aromatic heterocycles. The number of thiophene rings is 1. The van der Waals surface area contributed by atoms with Gasteiger partial charge in [0.2, 0.25) is 0 Å². The molecule has 0 saturated heterocycles. The Labute approximate surface area is 91.3 Å². The summed E-state index contributed by atoms with van der Waals surface area (Å²) in [5, 5.41) is 3.16. The highest BCUT2D eigenvalue weighted by Crippen LogP contribution is 2.30. The topological polar surface area (TPSA) is 17.1 Å². The van der Waals surface area contributed by atoms with E-state index in [4.69, 9.17) is 11.6 Å². The second kappa shape index (κ2) is 3.71. The van der Waals surface area contributed by atoms with Crippen molar-refractivity contribution in [3.05, 3.63) is 34.2 Å². The van der Waals surface area contributed by atoms with E-state index in [1.807, 2.05) is 24.4 Å². The van der Waals surface area contributed by atoms with Gasteiger partial charge in [0.15, 0.2) is 6.29 Å². The van der Waals surface area contributed by atoms with Crippen LogP contribution in [0.25, 0.3) is 10.1 Å². The zero-order chi connectivity index (χ0) is 10.1. The molecule has 14 heavy (non-hydrogen) atoms. The maximum absolute atomic E-state index is 11.0. The lowest BCUT2D eigenvalue weighted by Crippen LogP contribution is -1.91. The summed E-state index contributed by atoms with van der Waals surface area (Å²) in [6.45, 7) is 2.04. The largest absolute Gasteiger partial charge is 0.298 e. The number of fused-ring (bicyclic) bond motifs is 1. The number of aldehydes is 1. The number of carbonyl (C=O) groups is 1. The van der Waals surface area contributed by atoms with Crippen molar-refractivity contribution in [2.75, 3.05) is 0 Å². The Morgan fingerprint density at radius 1 is 1.57 bits per heavy atom. The fourth-order valence-electron chi connectivity index (χ4n) is 1.63. The predicted molar refractivity (Wildman–Crippen MR) is 61.5 cm³/mol. The molecule has 2 rings (SSSR count). The van der Waals surface area contributed by atoms with E-state index in [1.54, 1.807) is 11.3 Å². The average Bonchev–Trinajstić information content (AvgIpc) is 2.66. The minimum atomic E-state index is 0.392. The minimum Gasteiger partial charge on any atom is -0.298 e. The molecular formula is C11H9ClOS. The summed E-state index contributed by atoms with van der Waals surface area (Å²) in [6.07, 6.45) is 0.899. The molecule has 3 heteroatoms. The summed E-state index contributed by atoms with van der Waals surface area (Å²) in [4.78, 5) is 11.0. The van der Waals surface area contributed by atoms with E-state index >= 15 is 0 Å². The van der Waals surface area contributed by atoms with Crippen molar-refractivity contribution >= 4 is 39.3 Å². The van der Waals surface area contributed by atoms with Gasteiger partial charge in [-0.1, -0.05) is 6.07 Å². The average molecular weight is 225 g/mol. The Hall–Kier alpha value is -0.860. The third-order valence-electron chi connectivity index (χ3n) is 2.33. The van der Waals surface area contributed by atoms with E-state index in [9.17, 15) is 4.79 Å². The van der Waals surface area contributed by atoms with Gasteiger partial charge in [-0.2, -0.15) is 0 Å². The van der Waals surface area contributed by atoms with Crippen molar-refractivity contribution in [1.82, 2.24) is 0 Å². The zero-order valence-corrected chi connectivity index (χ0v) is 9.28. The van der Waals surface area contributed by atoms with Gasteiger partial charge < -0.3 is 0 Å². The number of benzene rings is 1. The van der Waals surface area contributed by atoms with Gasteiger partial charge >= 0.3 is 0 Å². The first-order valence-corrected chi connectivity index (χ1v) is 5.70.